The highest BCUT2D eigenvalue weighted by Crippen LogP contribution is 2.22. The minimum atomic E-state index is 0.803. The van der Waals surface area contributed by atoms with Crippen molar-refractivity contribution < 1.29 is 4.79 Å². The molecule has 0 aliphatic carbocycles. The number of aldehydes is 1. The summed E-state index contributed by atoms with van der Waals surface area (Å²) in [5.74, 6) is 0. The van der Waals surface area contributed by atoms with Crippen LogP contribution in [0.15, 0.2) is 17.5 Å². The van der Waals surface area contributed by atoms with Crippen LogP contribution in [-0.4, -0.2) is 10.9 Å². The third-order valence-electron chi connectivity index (χ3n) is 3.26. The highest BCUT2D eigenvalue weighted by atomic mass is 32.1. The van der Waals surface area contributed by atoms with Crippen molar-refractivity contribution in [3.8, 4) is 0 Å². The second-order valence-corrected chi connectivity index (χ2v) is 5.25. The van der Waals surface area contributed by atoms with Gasteiger partial charge in [0.05, 0.1) is 6.54 Å². The molecule has 2 rings (SSSR count). The first-order valence-corrected chi connectivity index (χ1v) is 6.72. The van der Waals surface area contributed by atoms with E-state index < -0.39 is 0 Å². The molecule has 0 aliphatic rings. The second kappa shape index (κ2) is 4.88. The van der Waals surface area contributed by atoms with Gasteiger partial charge in [0.2, 0.25) is 0 Å². The molecule has 0 amide bonds. The molecule has 2 aromatic rings. The fourth-order valence-corrected chi connectivity index (χ4v) is 3.12. The Morgan fingerprint density at radius 3 is 2.76 bits per heavy atom. The zero-order valence-electron chi connectivity index (χ0n) is 10.5. The van der Waals surface area contributed by atoms with Crippen LogP contribution in [0.3, 0.4) is 0 Å². The van der Waals surface area contributed by atoms with E-state index in [1.165, 1.54) is 10.4 Å². The van der Waals surface area contributed by atoms with Crippen LogP contribution in [-0.2, 0) is 13.0 Å². The third kappa shape index (κ3) is 2.20. The van der Waals surface area contributed by atoms with E-state index in [-0.39, 0.29) is 0 Å². The molecule has 3 heteroatoms. The Balaban J connectivity index is 2.36. The third-order valence-corrected chi connectivity index (χ3v) is 4.21. The zero-order chi connectivity index (χ0) is 12.4. The number of aromatic nitrogens is 1. The Morgan fingerprint density at radius 2 is 2.18 bits per heavy atom. The van der Waals surface area contributed by atoms with Gasteiger partial charge >= 0.3 is 0 Å². The smallest absolute Gasteiger partial charge is 0.151 e. The number of hydrogen-bond donors (Lipinski definition) is 0. The lowest BCUT2D eigenvalue weighted by Gasteiger charge is -2.09. The van der Waals surface area contributed by atoms with Gasteiger partial charge in [0.25, 0.3) is 0 Å². The van der Waals surface area contributed by atoms with E-state index in [2.05, 4.69) is 29.9 Å². The molecule has 2 heterocycles. The van der Waals surface area contributed by atoms with Gasteiger partial charge in [-0.2, -0.15) is 0 Å². The number of hydrogen-bond acceptors (Lipinski definition) is 2. The molecule has 2 aromatic heterocycles. The molecule has 0 aliphatic heterocycles. The summed E-state index contributed by atoms with van der Waals surface area (Å²) in [5, 5.41) is 2.14. The molecule has 0 bridgehead atoms. The van der Waals surface area contributed by atoms with Gasteiger partial charge in [0.1, 0.15) is 0 Å². The van der Waals surface area contributed by atoms with Crippen molar-refractivity contribution in [1.82, 2.24) is 4.57 Å². The number of aryl methyl sites for hydroxylation is 2. The number of thiophene rings is 1. The molecule has 0 saturated carbocycles. The largest absolute Gasteiger partial charge is 0.343 e. The molecule has 0 N–H and O–H groups in total. The lowest BCUT2D eigenvalue weighted by Crippen LogP contribution is -2.04. The van der Waals surface area contributed by atoms with Crippen molar-refractivity contribution in [1.29, 1.82) is 0 Å². The maximum Gasteiger partial charge on any atom is 0.151 e. The van der Waals surface area contributed by atoms with E-state index in [0.717, 1.165) is 36.2 Å². The van der Waals surface area contributed by atoms with Crippen LogP contribution < -0.4 is 0 Å². The fourth-order valence-electron chi connectivity index (χ4n) is 2.15. The van der Waals surface area contributed by atoms with Gasteiger partial charge in [-0.3, -0.25) is 4.79 Å². The van der Waals surface area contributed by atoms with Crippen LogP contribution >= 0.6 is 11.3 Å². The summed E-state index contributed by atoms with van der Waals surface area (Å²) in [6, 6.07) is 4.15. The maximum absolute atomic E-state index is 10.9. The topological polar surface area (TPSA) is 22.0 Å². The van der Waals surface area contributed by atoms with Gasteiger partial charge in [0.15, 0.2) is 6.29 Å². The minimum Gasteiger partial charge on any atom is -0.343 e. The highest BCUT2D eigenvalue weighted by Gasteiger charge is 2.10. The van der Waals surface area contributed by atoms with E-state index in [1.807, 2.05) is 13.0 Å². The zero-order valence-corrected chi connectivity index (χ0v) is 11.3. The van der Waals surface area contributed by atoms with Crippen LogP contribution in [0, 0.1) is 13.8 Å². The predicted octanol–water partition coefficient (Wildman–Crippen LogP) is 3.59. The van der Waals surface area contributed by atoms with Gasteiger partial charge < -0.3 is 4.57 Å². The van der Waals surface area contributed by atoms with Crippen molar-refractivity contribution in [2.75, 3.05) is 0 Å². The first kappa shape index (κ1) is 12.1. The highest BCUT2D eigenvalue weighted by molar-refractivity contribution is 7.10. The van der Waals surface area contributed by atoms with Crippen LogP contribution in [0.2, 0.25) is 0 Å². The minimum absolute atomic E-state index is 0.803. The molecule has 17 heavy (non-hydrogen) atoms. The van der Waals surface area contributed by atoms with E-state index in [1.54, 1.807) is 11.3 Å². The molecular weight excluding hydrogens is 230 g/mol. The van der Waals surface area contributed by atoms with E-state index >= 15 is 0 Å². The monoisotopic (exact) mass is 247 g/mol. The SMILES string of the molecule is CCc1ccsc1Cn1c(C)cc(C=O)c1C. The van der Waals surface area contributed by atoms with Crippen LogP contribution in [0.1, 0.15) is 39.1 Å². The molecular formula is C14H17NOS. The summed E-state index contributed by atoms with van der Waals surface area (Å²) in [5.41, 5.74) is 4.43. The Morgan fingerprint density at radius 1 is 1.41 bits per heavy atom. The molecule has 90 valence electrons. The Kier molecular flexibility index (Phi) is 3.48. The predicted molar refractivity (Wildman–Crippen MR) is 72.1 cm³/mol. The molecule has 0 saturated heterocycles. The first-order valence-electron chi connectivity index (χ1n) is 5.84. The number of nitrogens with zero attached hydrogens (tertiary/aromatic N) is 1. The van der Waals surface area contributed by atoms with E-state index in [0.29, 0.717) is 0 Å². The number of carbonyl (C=O) groups is 1. The molecule has 0 fully saturated rings. The summed E-state index contributed by atoms with van der Waals surface area (Å²) in [7, 11) is 0. The number of rotatable bonds is 4. The molecule has 2 nitrogen and oxygen atoms in total. The van der Waals surface area contributed by atoms with Crippen LogP contribution in [0.5, 0.6) is 0 Å². The molecule has 0 aromatic carbocycles. The lowest BCUT2D eigenvalue weighted by atomic mass is 10.2. The summed E-state index contributed by atoms with van der Waals surface area (Å²) in [6.07, 6.45) is 2.01. The standard InChI is InChI=1S/C14H17NOS/c1-4-12-5-6-17-14(12)8-15-10(2)7-13(9-16)11(15)3/h5-7,9H,4,8H2,1-3H3. The van der Waals surface area contributed by atoms with Crippen molar-refractivity contribution in [3.05, 3.63) is 44.9 Å². The van der Waals surface area contributed by atoms with E-state index in [9.17, 15) is 4.79 Å². The lowest BCUT2D eigenvalue weighted by molar-refractivity contribution is 0.112. The van der Waals surface area contributed by atoms with Crippen LogP contribution in [0.4, 0.5) is 0 Å². The molecule has 0 unspecified atom stereocenters. The average molecular weight is 247 g/mol. The Labute approximate surface area is 106 Å². The second-order valence-electron chi connectivity index (χ2n) is 4.25. The summed E-state index contributed by atoms with van der Waals surface area (Å²) in [6.45, 7) is 7.12. The van der Waals surface area contributed by atoms with E-state index in [4.69, 9.17) is 0 Å². The summed E-state index contributed by atoms with van der Waals surface area (Å²) >= 11 is 1.79. The quantitative estimate of drug-likeness (QED) is 0.757. The normalized spacial score (nSPS) is 10.8. The average Bonchev–Trinajstić information content (AvgIpc) is 2.88. The van der Waals surface area contributed by atoms with Gasteiger partial charge in [-0.25, -0.2) is 0 Å². The summed E-state index contributed by atoms with van der Waals surface area (Å²) < 4.78 is 2.22. The van der Waals surface area contributed by atoms with Crippen molar-refractivity contribution in [2.45, 2.75) is 33.7 Å². The number of carbonyl (C=O) groups excluding carboxylic acids is 1. The van der Waals surface area contributed by atoms with Gasteiger partial charge in [-0.05, 0) is 43.3 Å². The Hall–Kier alpha value is -1.35. The molecule has 0 radical (unpaired) electrons. The fraction of sp³-hybridized carbons (Fsp3) is 0.357. The van der Waals surface area contributed by atoms with Gasteiger partial charge in [-0.15, -0.1) is 11.3 Å². The molecule has 0 atom stereocenters. The summed E-state index contributed by atoms with van der Waals surface area (Å²) in [4.78, 5) is 12.3. The van der Waals surface area contributed by atoms with Crippen LogP contribution in [0.25, 0.3) is 0 Å². The van der Waals surface area contributed by atoms with Crippen molar-refractivity contribution in [2.24, 2.45) is 0 Å². The maximum atomic E-state index is 10.9. The molecule has 0 spiro atoms. The van der Waals surface area contributed by atoms with Gasteiger partial charge in [0, 0.05) is 21.8 Å². The Bertz CT molecular complexity index is 536. The van der Waals surface area contributed by atoms with Crippen molar-refractivity contribution >= 4 is 17.6 Å². The van der Waals surface area contributed by atoms with Crippen molar-refractivity contribution in [3.63, 3.8) is 0 Å². The van der Waals surface area contributed by atoms with Gasteiger partial charge in [-0.1, -0.05) is 6.92 Å². The first-order chi connectivity index (χ1) is 8.17.